The van der Waals surface area contributed by atoms with E-state index in [1.165, 1.54) is 25.7 Å². The molecule has 0 spiro atoms. The number of nitrogens with one attached hydrogen (secondary N) is 1. The Hall–Kier alpha value is -0.120. The molecule has 1 rings (SSSR count). The van der Waals surface area contributed by atoms with Gasteiger partial charge in [-0.05, 0) is 51.2 Å². The summed E-state index contributed by atoms with van der Waals surface area (Å²) in [5, 5.41) is 13.2. The van der Waals surface area contributed by atoms with Gasteiger partial charge < -0.3 is 15.3 Å². The van der Waals surface area contributed by atoms with Gasteiger partial charge in [-0.2, -0.15) is 0 Å². The van der Waals surface area contributed by atoms with Gasteiger partial charge in [0.25, 0.3) is 0 Å². The van der Waals surface area contributed by atoms with Crippen molar-refractivity contribution in [3.8, 4) is 0 Å². The van der Waals surface area contributed by atoms with Crippen molar-refractivity contribution in [2.24, 2.45) is 11.3 Å². The van der Waals surface area contributed by atoms with Gasteiger partial charge >= 0.3 is 0 Å². The first-order chi connectivity index (χ1) is 7.89. The largest absolute Gasteiger partial charge is 0.390 e. The number of aliphatic hydroxyl groups excluding tert-OH is 1. The van der Waals surface area contributed by atoms with Gasteiger partial charge in [-0.3, -0.25) is 0 Å². The molecule has 0 radical (unpaired) electrons. The van der Waals surface area contributed by atoms with Crippen LogP contribution in [-0.4, -0.2) is 49.8 Å². The van der Waals surface area contributed by atoms with Gasteiger partial charge in [-0.25, -0.2) is 0 Å². The first-order valence-corrected chi connectivity index (χ1v) is 6.92. The molecule has 0 bridgehead atoms. The smallest absolute Gasteiger partial charge is 0.0791 e. The van der Waals surface area contributed by atoms with Crippen LogP contribution in [0.5, 0.6) is 0 Å². The van der Waals surface area contributed by atoms with E-state index in [1.807, 2.05) is 19.0 Å². The fraction of sp³-hybridized carbons (Fsp3) is 1.00. The van der Waals surface area contributed by atoms with Crippen LogP contribution in [0.1, 0.15) is 39.5 Å². The van der Waals surface area contributed by atoms with Crippen LogP contribution >= 0.6 is 0 Å². The summed E-state index contributed by atoms with van der Waals surface area (Å²) in [6.45, 7) is 7.27. The zero-order valence-electron chi connectivity index (χ0n) is 12.0. The van der Waals surface area contributed by atoms with Crippen LogP contribution in [0.25, 0.3) is 0 Å². The van der Waals surface area contributed by atoms with Crippen LogP contribution in [0, 0.1) is 11.3 Å². The van der Waals surface area contributed by atoms with Gasteiger partial charge in [0.15, 0.2) is 0 Å². The maximum absolute atomic E-state index is 9.75. The highest BCUT2D eigenvalue weighted by Crippen LogP contribution is 2.38. The zero-order valence-corrected chi connectivity index (χ0v) is 12.0. The van der Waals surface area contributed by atoms with Crippen molar-refractivity contribution in [1.82, 2.24) is 10.2 Å². The summed E-state index contributed by atoms with van der Waals surface area (Å²) in [5.41, 5.74) is 0.521. The van der Waals surface area contributed by atoms with Crippen LogP contribution in [0.4, 0.5) is 0 Å². The normalized spacial score (nSPS) is 26.1. The standard InChI is InChI=1S/C14H30N2O/c1-14(2)7-5-6-12(8-14)9-15-10-13(17)11-16(3)4/h12-13,15,17H,5-11H2,1-4H3/t12-,13-/m1/s1. The molecule has 3 nitrogen and oxygen atoms in total. The summed E-state index contributed by atoms with van der Waals surface area (Å²) < 4.78 is 0. The molecule has 0 heterocycles. The Kier molecular flexibility index (Phi) is 5.90. The summed E-state index contributed by atoms with van der Waals surface area (Å²) in [5.74, 6) is 0.797. The highest BCUT2D eigenvalue weighted by atomic mass is 16.3. The molecule has 1 fully saturated rings. The van der Waals surface area contributed by atoms with Crippen LogP contribution in [0.15, 0.2) is 0 Å². The second-order valence-corrected chi connectivity index (χ2v) is 6.70. The van der Waals surface area contributed by atoms with Gasteiger partial charge in [0.05, 0.1) is 6.10 Å². The molecule has 17 heavy (non-hydrogen) atoms. The molecule has 1 aliphatic carbocycles. The molecule has 0 aromatic heterocycles. The first-order valence-electron chi connectivity index (χ1n) is 6.92. The molecular formula is C14H30N2O. The van der Waals surface area contributed by atoms with Crippen molar-refractivity contribution in [2.45, 2.75) is 45.6 Å². The minimum atomic E-state index is -0.249. The molecule has 0 aromatic rings. The average Bonchev–Trinajstić information content (AvgIpc) is 2.14. The Morgan fingerprint density at radius 3 is 2.71 bits per heavy atom. The number of nitrogens with zero attached hydrogens (tertiary/aromatic N) is 1. The van der Waals surface area contributed by atoms with Gasteiger partial charge in [0, 0.05) is 13.1 Å². The highest BCUT2D eigenvalue weighted by molar-refractivity contribution is 4.80. The van der Waals surface area contributed by atoms with Crippen LogP contribution in [-0.2, 0) is 0 Å². The lowest BCUT2D eigenvalue weighted by Crippen LogP contribution is -2.38. The summed E-state index contributed by atoms with van der Waals surface area (Å²) >= 11 is 0. The van der Waals surface area contributed by atoms with Crippen LogP contribution in [0.2, 0.25) is 0 Å². The number of rotatable bonds is 6. The molecule has 2 N–H and O–H groups in total. The van der Waals surface area contributed by atoms with E-state index < -0.39 is 0 Å². The van der Waals surface area contributed by atoms with Crippen molar-refractivity contribution < 1.29 is 5.11 Å². The first kappa shape index (κ1) is 14.9. The van der Waals surface area contributed by atoms with Crippen LogP contribution in [0.3, 0.4) is 0 Å². The van der Waals surface area contributed by atoms with E-state index in [0.29, 0.717) is 5.41 Å². The minimum Gasteiger partial charge on any atom is -0.390 e. The number of hydrogen-bond donors (Lipinski definition) is 2. The Balaban J connectivity index is 2.14. The lowest BCUT2D eigenvalue weighted by molar-refractivity contribution is 0.127. The molecule has 0 aliphatic heterocycles. The molecule has 0 aromatic carbocycles. The van der Waals surface area contributed by atoms with Crippen LogP contribution < -0.4 is 5.32 Å². The Bertz CT molecular complexity index is 216. The fourth-order valence-electron chi connectivity index (χ4n) is 2.97. The van der Waals surface area contributed by atoms with E-state index in [0.717, 1.165) is 25.6 Å². The third-order valence-corrected chi connectivity index (χ3v) is 3.70. The van der Waals surface area contributed by atoms with E-state index in [2.05, 4.69) is 19.2 Å². The molecule has 102 valence electrons. The summed E-state index contributed by atoms with van der Waals surface area (Å²) in [6.07, 6.45) is 5.15. The van der Waals surface area contributed by atoms with Gasteiger partial charge in [0.1, 0.15) is 0 Å². The third kappa shape index (κ3) is 6.39. The summed E-state index contributed by atoms with van der Waals surface area (Å²) in [6, 6.07) is 0. The Labute approximate surface area is 107 Å². The molecule has 2 atom stereocenters. The van der Waals surface area contributed by atoms with Gasteiger partial charge in [-0.15, -0.1) is 0 Å². The second-order valence-electron chi connectivity index (χ2n) is 6.70. The predicted octanol–water partition coefficient (Wildman–Crippen LogP) is 1.71. The average molecular weight is 242 g/mol. The van der Waals surface area contributed by atoms with Crippen molar-refractivity contribution in [3.05, 3.63) is 0 Å². The Morgan fingerprint density at radius 2 is 2.12 bits per heavy atom. The van der Waals surface area contributed by atoms with Gasteiger partial charge in [0.2, 0.25) is 0 Å². The molecule has 1 aliphatic rings. The van der Waals surface area contributed by atoms with E-state index in [-0.39, 0.29) is 6.10 Å². The fourth-order valence-corrected chi connectivity index (χ4v) is 2.97. The number of aliphatic hydroxyl groups is 1. The highest BCUT2D eigenvalue weighted by Gasteiger charge is 2.27. The second kappa shape index (κ2) is 6.72. The summed E-state index contributed by atoms with van der Waals surface area (Å²) in [7, 11) is 3.99. The van der Waals surface area contributed by atoms with E-state index >= 15 is 0 Å². The van der Waals surface area contributed by atoms with Crippen molar-refractivity contribution >= 4 is 0 Å². The third-order valence-electron chi connectivity index (χ3n) is 3.70. The minimum absolute atomic E-state index is 0.249. The number of hydrogen-bond acceptors (Lipinski definition) is 3. The topological polar surface area (TPSA) is 35.5 Å². The quantitative estimate of drug-likeness (QED) is 0.744. The van der Waals surface area contributed by atoms with Crippen molar-refractivity contribution in [3.63, 3.8) is 0 Å². The Morgan fingerprint density at radius 1 is 1.41 bits per heavy atom. The van der Waals surface area contributed by atoms with E-state index in [4.69, 9.17) is 0 Å². The van der Waals surface area contributed by atoms with Crippen molar-refractivity contribution in [1.29, 1.82) is 0 Å². The van der Waals surface area contributed by atoms with Crippen molar-refractivity contribution in [2.75, 3.05) is 33.7 Å². The lowest BCUT2D eigenvalue weighted by Gasteiger charge is -2.35. The SMILES string of the molecule is CN(C)C[C@H](O)CNC[C@@H]1CCCC(C)(C)C1. The molecule has 3 heteroatoms. The summed E-state index contributed by atoms with van der Waals surface area (Å²) in [4.78, 5) is 2.02. The van der Waals surface area contributed by atoms with E-state index in [9.17, 15) is 5.11 Å². The molecule has 0 amide bonds. The maximum atomic E-state index is 9.75. The monoisotopic (exact) mass is 242 g/mol. The van der Waals surface area contributed by atoms with Gasteiger partial charge in [-0.1, -0.05) is 20.3 Å². The number of likely N-dealkylation sites (N-methyl/N-ethyl adjacent to an activating group) is 1. The lowest BCUT2D eigenvalue weighted by atomic mass is 9.72. The molecule has 0 unspecified atom stereocenters. The van der Waals surface area contributed by atoms with E-state index in [1.54, 1.807) is 0 Å². The molecule has 1 saturated carbocycles. The molecular weight excluding hydrogens is 212 g/mol. The maximum Gasteiger partial charge on any atom is 0.0791 e. The predicted molar refractivity (Wildman–Crippen MR) is 73.2 cm³/mol. The molecule has 0 saturated heterocycles. The zero-order chi connectivity index (χ0) is 12.9.